The summed E-state index contributed by atoms with van der Waals surface area (Å²) in [4.78, 5) is 2.39. The molecule has 3 rings (SSSR count). The van der Waals surface area contributed by atoms with Gasteiger partial charge in [-0.2, -0.15) is 0 Å². The number of aryl methyl sites for hydroxylation is 1. The number of aliphatic hydroxyl groups excluding tert-OH is 2. The van der Waals surface area contributed by atoms with Gasteiger partial charge in [0.15, 0.2) is 0 Å². The van der Waals surface area contributed by atoms with Crippen molar-refractivity contribution in [1.29, 1.82) is 0 Å². The molecule has 0 spiro atoms. The predicted molar refractivity (Wildman–Crippen MR) is 141 cm³/mol. The number of rotatable bonds is 17. The fourth-order valence-electron chi connectivity index (χ4n) is 4.38. The first kappa shape index (κ1) is 27.4. The van der Waals surface area contributed by atoms with Crippen molar-refractivity contribution in [3.63, 3.8) is 0 Å². The standard InChI is InChI=1S/C28H43N3O4/c32-21-25-19-24(11-12-27(25)33)28(34)20-29-13-4-1-2-5-16-35-17-6-3-8-23-9-7-10-26(18-23)31-15-14-30-22-31/h7,9-12,18-19,28-30,32-34H,1-6,8,13-17,20-22H2/t28-/m1/s1. The Bertz CT molecular complexity index is 858. The average molecular weight is 486 g/mol. The third kappa shape index (κ3) is 9.78. The van der Waals surface area contributed by atoms with Gasteiger partial charge >= 0.3 is 0 Å². The van der Waals surface area contributed by atoms with Gasteiger partial charge in [0.2, 0.25) is 0 Å². The zero-order chi connectivity index (χ0) is 24.7. The van der Waals surface area contributed by atoms with Gasteiger partial charge in [0.05, 0.1) is 19.4 Å². The van der Waals surface area contributed by atoms with E-state index in [-0.39, 0.29) is 12.4 Å². The summed E-state index contributed by atoms with van der Waals surface area (Å²) in [6.07, 6.45) is 7.16. The van der Waals surface area contributed by atoms with Gasteiger partial charge in [-0.15, -0.1) is 0 Å². The molecule has 1 atom stereocenters. The number of hydrogen-bond acceptors (Lipinski definition) is 7. The smallest absolute Gasteiger partial charge is 0.121 e. The molecule has 1 fully saturated rings. The van der Waals surface area contributed by atoms with Crippen molar-refractivity contribution in [2.24, 2.45) is 0 Å². The Hall–Kier alpha value is -2.16. The van der Waals surface area contributed by atoms with E-state index in [0.29, 0.717) is 17.7 Å². The maximum absolute atomic E-state index is 10.3. The van der Waals surface area contributed by atoms with Gasteiger partial charge in [-0.3, -0.25) is 5.32 Å². The summed E-state index contributed by atoms with van der Waals surface area (Å²) in [5, 5.41) is 35.8. The second kappa shape index (κ2) is 15.8. The normalized spacial score (nSPS) is 14.5. The summed E-state index contributed by atoms with van der Waals surface area (Å²) in [5.74, 6) is 0.0528. The van der Waals surface area contributed by atoms with E-state index < -0.39 is 6.10 Å². The summed E-state index contributed by atoms with van der Waals surface area (Å²) in [7, 11) is 0. The molecule has 1 heterocycles. The van der Waals surface area contributed by atoms with Crippen LogP contribution in [0.2, 0.25) is 0 Å². The van der Waals surface area contributed by atoms with Gasteiger partial charge < -0.3 is 30.3 Å². The van der Waals surface area contributed by atoms with E-state index in [2.05, 4.69) is 39.8 Å². The Labute approximate surface area is 210 Å². The third-order valence-corrected chi connectivity index (χ3v) is 6.53. The molecule has 2 aromatic rings. The van der Waals surface area contributed by atoms with E-state index in [0.717, 1.165) is 84.5 Å². The molecule has 7 heteroatoms. The van der Waals surface area contributed by atoms with Gasteiger partial charge in [-0.25, -0.2) is 0 Å². The van der Waals surface area contributed by atoms with Crippen molar-refractivity contribution in [2.45, 2.75) is 57.7 Å². The van der Waals surface area contributed by atoms with Crippen molar-refractivity contribution in [3.8, 4) is 5.75 Å². The van der Waals surface area contributed by atoms with Crippen LogP contribution >= 0.6 is 0 Å². The maximum Gasteiger partial charge on any atom is 0.121 e. The number of benzene rings is 2. The van der Waals surface area contributed by atoms with Crippen LogP contribution in [-0.4, -0.2) is 61.4 Å². The molecule has 0 saturated carbocycles. The van der Waals surface area contributed by atoms with E-state index >= 15 is 0 Å². The Kier molecular flexibility index (Phi) is 12.3. The van der Waals surface area contributed by atoms with Crippen LogP contribution in [0.3, 0.4) is 0 Å². The zero-order valence-corrected chi connectivity index (χ0v) is 20.9. The molecule has 0 bridgehead atoms. The molecule has 1 aliphatic rings. The zero-order valence-electron chi connectivity index (χ0n) is 20.9. The van der Waals surface area contributed by atoms with Crippen LogP contribution in [0.4, 0.5) is 5.69 Å². The second-order valence-electron chi connectivity index (χ2n) is 9.34. The highest BCUT2D eigenvalue weighted by Gasteiger charge is 2.12. The minimum Gasteiger partial charge on any atom is -0.508 e. The highest BCUT2D eigenvalue weighted by Crippen LogP contribution is 2.22. The lowest BCUT2D eigenvalue weighted by Gasteiger charge is -2.17. The molecule has 0 amide bonds. The summed E-state index contributed by atoms with van der Waals surface area (Å²) in [6.45, 7) is 5.85. The molecule has 35 heavy (non-hydrogen) atoms. The molecule has 194 valence electrons. The second-order valence-corrected chi connectivity index (χ2v) is 9.34. The van der Waals surface area contributed by atoms with E-state index in [4.69, 9.17) is 4.74 Å². The van der Waals surface area contributed by atoms with Crippen LogP contribution in [0.15, 0.2) is 42.5 Å². The Morgan fingerprint density at radius 2 is 1.83 bits per heavy atom. The number of aliphatic hydroxyl groups is 2. The van der Waals surface area contributed by atoms with Crippen molar-refractivity contribution in [1.82, 2.24) is 10.6 Å². The summed E-state index contributed by atoms with van der Waals surface area (Å²) in [5.41, 5.74) is 3.87. The topological polar surface area (TPSA) is 97.2 Å². The number of nitrogens with one attached hydrogen (secondary N) is 2. The summed E-state index contributed by atoms with van der Waals surface area (Å²) in [6, 6.07) is 13.8. The predicted octanol–water partition coefficient (Wildman–Crippen LogP) is 3.47. The Morgan fingerprint density at radius 3 is 2.63 bits per heavy atom. The van der Waals surface area contributed by atoms with Crippen LogP contribution in [0, 0.1) is 0 Å². The van der Waals surface area contributed by atoms with Crippen LogP contribution in [0.1, 0.15) is 61.3 Å². The largest absolute Gasteiger partial charge is 0.508 e. The maximum atomic E-state index is 10.3. The third-order valence-electron chi connectivity index (χ3n) is 6.53. The quantitative estimate of drug-likeness (QED) is 0.219. The van der Waals surface area contributed by atoms with Crippen LogP contribution in [0.5, 0.6) is 5.75 Å². The Morgan fingerprint density at radius 1 is 1.00 bits per heavy atom. The highest BCUT2D eigenvalue weighted by atomic mass is 16.5. The molecule has 2 aromatic carbocycles. The first-order valence-electron chi connectivity index (χ1n) is 13.1. The molecular formula is C28H43N3O4. The van der Waals surface area contributed by atoms with Crippen LogP contribution < -0.4 is 15.5 Å². The van der Waals surface area contributed by atoms with Crippen LogP contribution in [0.25, 0.3) is 0 Å². The number of ether oxygens (including phenoxy) is 1. The molecule has 0 aromatic heterocycles. The van der Waals surface area contributed by atoms with Crippen molar-refractivity contribution in [3.05, 3.63) is 59.2 Å². The van der Waals surface area contributed by atoms with E-state index in [1.165, 1.54) is 17.3 Å². The SMILES string of the molecule is OCc1cc([C@H](O)CNCCCCCCOCCCCc2cccc(N3CCNC3)c2)ccc1O. The molecule has 0 aliphatic carbocycles. The van der Waals surface area contributed by atoms with Gasteiger partial charge in [-0.1, -0.05) is 31.0 Å². The van der Waals surface area contributed by atoms with Gasteiger partial charge in [-0.05, 0) is 74.0 Å². The van der Waals surface area contributed by atoms with E-state index in [1.54, 1.807) is 12.1 Å². The minimum absolute atomic E-state index is 0.0528. The lowest BCUT2D eigenvalue weighted by molar-refractivity contribution is 0.126. The van der Waals surface area contributed by atoms with E-state index in [1.807, 2.05) is 0 Å². The van der Waals surface area contributed by atoms with Crippen LogP contribution in [-0.2, 0) is 17.8 Å². The number of phenols is 1. The van der Waals surface area contributed by atoms with Crippen molar-refractivity contribution >= 4 is 5.69 Å². The fraction of sp³-hybridized carbons (Fsp3) is 0.571. The molecule has 0 radical (unpaired) electrons. The summed E-state index contributed by atoms with van der Waals surface area (Å²) >= 11 is 0. The summed E-state index contributed by atoms with van der Waals surface area (Å²) < 4.78 is 5.81. The lowest BCUT2D eigenvalue weighted by Crippen LogP contribution is -2.22. The molecule has 1 aliphatic heterocycles. The van der Waals surface area contributed by atoms with Gasteiger partial charge in [0, 0.05) is 44.1 Å². The van der Waals surface area contributed by atoms with Crippen molar-refractivity contribution < 1.29 is 20.1 Å². The number of anilines is 1. The molecular weight excluding hydrogens is 442 g/mol. The van der Waals surface area contributed by atoms with Gasteiger partial charge in [0.1, 0.15) is 5.75 Å². The lowest BCUT2D eigenvalue weighted by atomic mass is 10.1. The highest BCUT2D eigenvalue weighted by molar-refractivity contribution is 5.49. The molecule has 0 unspecified atom stereocenters. The Balaban J connectivity index is 1.13. The number of aromatic hydroxyl groups is 1. The molecule has 5 N–H and O–H groups in total. The number of nitrogens with zero attached hydrogens (tertiary/aromatic N) is 1. The average Bonchev–Trinajstić information content (AvgIpc) is 3.42. The van der Waals surface area contributed by atoms with E-state index in [9.17, 15) is 15.3 Å². The first-order chi connectivity index (χ1) is 17.2. The van der Waals surface area contributed by atoms with Gasteiger partial charge in [0.25, 0.3) is 0 Å². The minimum atomic E-state index is -0.652. The number of unbranched alkanes of at least 4 members (excludes halogenated alkanes) is 4. The fourth-order valence-corrected chi connectivity index (χ4v) is 4.38. The van der Waals surface area contributed by atoms with Crippen molar-refractivity contribution in [2.75, 3.05) is 51.0 Å². The molecule has 1 saturated heterocycles. The molecule has 7 nitrogen and oxygen atoms in total. The first-order valence-corrected chi connectivity index (χ1v) is 13.1. The number of hydrogen-bond donors (Lipinski definition) is 5. The monoisotopic (exact) mass is 485 g/mol.